The number of carboxylic acid groups (broad SMARTS) is 1. The molecule has 2 unspecified atom stereocenters. The van der Waals surface area contributed by atoms with Crippen molar-refractivity contribution in [3.8, 4) is 0 Å². The Balaban J connectivity index is 2.49. The van der Waals surface area contributed by atoms with E-state index in [9.17, 15) is 4.79 Å². The first-order chi connectivity index (χ1) is 5.15. The van der Waals surface area contributed by atoms with Gasteiger partial charge in [-0.1, -0.05) is 0 Å². The first kappa shape index (κ1) is 8.45. The average molecular weight is 161 g/mol. The van der Waals surface area contributed by atoms with E-state index in [-0.39, 0.29) is 13.0 Å². The van der Waals surface area contributed by atoms with Gasteiger partial charge in [-0.15, -0.1) is 0 Å². The largest absolute Gasteiger partial charge is 0.480 e. The lowest BCUT2D eigenvalue weighted by atomic mass is 10.1. The van der Waals surface area contributed by atoms with Crippen LogP contribution in [0.4, 0.5) is 0 Å². The fraction of sp³-hybridized carbons (Fsp3) is 0.833. The molecule has 1 fully saturated rings. The smallest absolute Gasteiger partial charge is 0.320 e. The molecule has 0 radical (unpaired) electrons. The first-order valence-electron chi connectivity index (χ1n) is 3.43. The van der Waals surface area contributed by atoms with Crippen molar-refractivity contribution in [2.75, 3.05) is 6.61 Å². The Morgan fingerprint density at radius 3 is 2.55 bits per heavy atom. The fourth-order valence-electron chi connectivity index (χ4n) is 1.19. The van der Waals surface area contributed by atoms with Crippen molar-refractivity contribution in [2.24, 2.45) is 0 Å². The average Bonchev–Trinajstić information content (AvgIpc) is 2.31. The molecule has 4 N–H and O–H groups in total. The maximum absolute atomic E-state index is 10.4. The van der Waals surface area contributed by atoms with Gasteiger partial charge in [0.2, 0.25) is 0 Å². The minimum atomic E-state index is -0.986. The minimum Gasteiger partial charge on any atom is -0.480 e. The number of rotatable bonds is 2. The van der Waals surface area contributed by atoms with Crippen molar-refractivity contribution in [1.29, 1.82) is 0 Å². The number of nitrogens with one attached hydrogen (secondary N) is 1. The highest BCUT2D eigenvalue weighted by atomic mass is 16.4. The van der Waals surface area contributed by atoms with Gasteiger partial charge in [-0.25, -0.2) is 0 Å². The summed E-state index contributed by atoms with van der Waals surface area (Å²) in [5.74, 6) is -0.986. The van der Waals surface area contributed by atoms with E-state index in [1.54, 1.807) is 0 Å². The Morgan fingerprint density at radius 1 is 1.64 bits per heavy atom. The van der Waals surface area contributed by atoms with Crippen molar-refractivity contribution in [1.82, 2.24) is 5.32 Å². The lowest BCUT2D eigenvalue weighted by Gasteiger charge is -2.09. The molecule has 3 atom stereocenters. The molecule has 0 aromatic carbocycles. The van der Waals surface area contributed by atoms with E-state index < -0.39 is 24.2 Å². The SMILES string of the molecule is O=C(O)[C@@H]1CC(O)C(CO)N1. The monoisotopic (exact) mass is 161 g/mol. The molecule has 0 spiro atoms. The third-order valence-corrected chi connectivity index (χ3v) is 1.85. The van der Waals surface area contributed by atoms with E-state index >= 15 is 0 Å². The molecule has 1 aliphatic rings. The van der Waals surface area contributed by atoms with Gasteiger partial charge in [0.1, 0.15) is 6.04 Å². The molecular weight excluding hydrogens is 150 g/mol. The molecule has 1 heterocycles. The van der Waals surface area contributed by atoms with Crippen LogP contribution in [0, 0.1) is 0 Å². The number of aliphatic carboxylic acids is 1. The van der Waals surface area contributed by atoms with Crippen LogP contribution in [0.3, 0.4) is 0 Å². The van der Waals surface area contributed by atoms with Crippen LogP contribution in [0.2, 0.25) is 0 Å². The van der Waals surface area contributed by atoms with Gasteiger partial charge in [0, 0.05) is 6.42 Å². The Labute approximate surface area is 63.7 Å². The number of aliphatic hydroxyl groups is 2. The third-order valence-electron chi connectivity index (χ3n) is 1.85. The third kappa shape index (κ3) is 1.68. The van der Waals surface area contributed by atoms with Crippen LogP contribution < -0.4 is 5.32 Å². The molecule has 11 heavy (non-hydrogen) atoms. The number of carbonyl (C=O) groups is 1. The summed E-state index contributed by atoms with van der Waals surface area (Å²) >= 11 is 0. The Bertz CT molecular complexity index is 161. The molecular formula is C6H11NO4. The standard InChI is InChI=1S/C6H11NO4/c8-2-4-5(9)1-3(7-4)6(10)11/h3-5,7-9H,1-2H2,(H,10,11)/t3-,4?,5?/m0/s1. The molecule has 5 nitrogen and oxygen atoms in total. The highest BCUT2D eigenvalue weighted by Crippen LogP contribution is 2.12. The molecule has 0 bridgehead atoms. The van der Waals surface area contributed by atoms with Crippen LogP contribution >= 0.6 is 0 Å². The van der Waals surface area contributed by atoms with E-state index in [4.69, 9.17) is 15.3 Å². The van der Waals surface area contributed by atoms with Crippen LogP contribution in [-0.4, -0.2) is 46.1 Å². The summed E-state index contributed by atoms with van der Waals surface area (Å²) in [4.78, 5) is 10.4. The summed E-state index contributed by atoms with van der Waals surface area (Å²) in [5.41, 5.74) is 0. The zero-order valence-corrected chi connectivity index (χ0v) is 5.90. The second kappa shape index (κ2) is 3.17. The summed E-state index contributed by atoms with van der Waals surface area (Å²) in [5, 5.41) is 28.8. The van der Waals surface area contributed by atoms with Gasteiger partial charge in [-0.05, 0) is 0 Å². The van der Waals surface area contributed by atoms with Gasteiger partial charge in [-0.3, -0.25) is 10.1 Å². The van der Waals surface area contributed by atoms with E-state index in [1.165, 1.54) is 0 Å². The van der Waals surface area contributed by atoms with E-state index in [0.717, 1.165) is 0 Å². The zero-order chi connectivity index (χ0) is 8.43. The lowest BCUT2D eigenvalue weighted by Crippen LogP contribution is -2.39. The van der Waals surface area contributed by atoms with Crippen LogP contribution in [-0.2, 0) is 4.79 Å². The first-order valence-corrected chi connectivity index (χ1v) is 3.43. The van der Waals surface area contributed by atoms with Gasteiger partial charge in [-0.2, -0.15) is 0 Å². The van der Waals surface area contributed by atoms with Crippen LogP contribution in [0.15, 0.2) is 0 Å². The van der Waals surface area contributed by atoms with Gasteiger partial charge < -0.3 is 15.3 Å². The van der Waals surface area contributed by atoms with Crippen molar-refractivity contribution >= 4 is 5.97 Å². The quantitative estimate of drug-likeness (QED) is 0.382. The fourth-order valence-corrected chi connectivity index (χ4v) is 1.19. The second-order valence-corrected chi connectivity index (χ2v) is 2.65. The van der Waals surface area contributed by atoms with Gasteiger partial charge >= 0.3 is 5.97 Å². The number of hydrogen-bond donors (Lipinski definition) is 4. The normalized spacial score (nSPS) is 37.5. The van der Waals surface area contributed by atoms with Crippen molar-refractivity contribution in [3.63, 3.8) is 0 Å². The molecule has 1 saturated heterocycles. The van der Waals surface area contributed by atoms with Crippen molar-refractivity contribution < 1.29 is 20.1 Å². The van der Waals surface area contributed by atoms with Crippen LogP contribution in [0.5, 0.6) is 0 Å². The van der Waals surface area contributed by atoms with E-state index in [1.807, 2.05) is 0 Å². The van der Waals surface area contributed by atoms with Gasteiger partial charge in [0.25, 0.3) is 0 Å². The second-order valence-electron chi connectivity index (χ2n) is 2.65. The summed E-state index contributed by atoms with van der Waals surface area (Å²) in [6.07, 6.45) is -0.582. The lowest BCUT2D eigenvalue weighted by molar-refractivity contribution is -0.139. The summed E-state index contributed by atoms with van der Waals surface area (Å²) < 4.78 is 0. The zero-order valence-electron chi connectivity index (χ0n) is 5.90. The molecule has 64 valence electrons. The van der Waals surface area contributed by atoms with Crippen LogP contribution in [0.25, 0.3) is 0 Å². The number of aliphatic hydroxyl groups excluding tert-OH is 2. The molecule has 5 heteroatoms. The van der Waals surface area contributed by atoms with E-state index in [2.05, 4.69) is 5.32 Å². The molecule has 0 aliphatic carbocycles. The molecule has 1 aliphatic heterocycles. The van der Waals surface area contributed by atoms with Gasteiger partial charge in [0.05, 0.1) is 18.8 Å². The number of hydrogen-bond acceptors (Lipinski definition) is 4. The van der Waals surface area contributed by atoms with Gasteiger partial charge in [0.15, 0.2) is 0 Å². The predicted molar refractivity (Wildman–Crippen MR) is 36.1 cm³/mol. The van der Waals surface area contributed by atoms with Crippen molar-refractivity contribution in [3.05, 3.63) is 0 Å². The summed E-state index contributed by atoms with van der Waals surface area (Å²) in [6, 6.07) is -1.21. The Kier molecular flexibility index (Phi) is 2.43. The maximum Gasteiger partial charge on any atom is 0.320 e. The summed E-state index contributed by atoms with van der Waals surface area (Å²) in [7, 11) is 0. The summed E-state index contributed by atoms with van der Waals surface area (Å²) in [6.45, 7) is -0.231. The topological polar surface area (TPSA) is 89.8 Å². The molecule has 1 rings (SSSR count). The molecule has 0 saturated carbocycles. The maximum atomic E-state index is 10.4. The van der Waals surface area contributed by atoms with E-state index in [0.29, 0.717) is 0 Å². The number of carboxylic acids is 1. The predicted octanol–water partition coefficient (Wildman–Crippen LogP) is -1.85. The van der Waals surface area contributed by atoms with Crippen LogP contribution in [0.1, 0.15) is 6.42 Å². The minimum absolute atomic E-state index is 0.167. The highest BCUT2D eigenvalue weighted by molar-refractivity contribution is 5.74. The van der Waals surface area contributed by atoms with Crippen molar-refractivity contribution in [2.45, 2.75) is 24.6 Å². The Morgan fingerprint density at radius 2 is 2.27 bits per heavy atom. The molecule has 0 aromatic rings. The highest BCUT2D eigenvalue weighted by Gasteiger charge is 2.35. The Hall–Kier alpha value is -0.650. The molecule has 0 amide bonds. The molecule has 0 aromatic heterocycles.